The van der Waals surface area contributed by atoms with Crippen LogP contribution in [0.25, 0.3) is 10.8 Å². The number of nitrogens with zero attached hydrogens (tertiary/aromatic N) is 4. The minimum absolute atomic E-state index is 0.00640. The Labute approximate surface area is 384 Å². The third-order valence-corrected chi connectivity index (χ3v) is 13.3. The summed E-state index contributed by atoms with van der Waals surface area (Å²) >= 11 is 0. The van der Waals surface area contributed by atoms with Gasteiger partial charge in [-0.1, -0.05) is 72.6 Å². The Bertz CT molecular complexity index is 2650. The molecule has 0 unspecified atom stereocenters. The van der Waals surface area contributed by atoms with Crippen LogP contribution >= 0.6 is 0 Å². The van der Waals surface area contributed by atoms with Crippen molar-refractivity contribution >= 4 is 28.1 Å². The van der Waals surface area contributed by atoms with E-state index >= 15 is 4.79 Å². The maximum atomic E-state index is 15.5. The first-order valence-corrected chi connectivity index (χ1v) is 22.6. The molecule has 5 aromatic carbocycles. The number of phenolic OH excluding ortho intramolecular Hbond substituents is 1. The summed E-state index contributed by atoms with van der Waals surface area (Å²) in [5.74, 6) is -2.37. The number of nitro benzene ring substituents is 1. The summed E-state index contributed by atoms with van der Waals surface area (Å²) in [6.45, 7) is 4.33. The third kappa shape index (κ3) is 9.31. The number of ether oxygens (including phenoxy) is 2. The molecule has 1 amide bonds. The number of hydrogen-bond acceptors (Lipinski definition) is 11. The Morgan fingerprint density at radius 2 is 1.71 bits per heavy atom. The predicted molar refractivity (Wildman–Crippen MR) is 249 cm³/mol. The van der Waals surface area contributed by atoms with E-state index in [1.807, 2.05) is 42.5 Å². The fourth-order valence-electron chi connectivity index (χ4n) is 10.3. The topological polar surface area (TPSA) is 188 Å². The Morgan fingerprint density at radius 3 is 2.44 bits per heavy atom. The number of aliphatic hydroxyl groups excluding tert-OH is 2. The minimum atomic E-state index is -1.57. The summed E-state index contributed by atoms with van der Waals surface area (Å²) in [6.07, 6.45) is 8.18. The molecule has 1 heterocycles. The van der Waals surface area contributed by atoms with Crippen molar-refractivity contribution in [2.24, 2.45) is 22.9 Å². The molecule has 3 N–H and O–H groups in total. The lowest BCUT2D eigenvalue weighted by molar-refractivity contribution is -0.384. The molecule has 5 aromatic rings. The van der Waals surface area contributed by atoms with Crippen LogP contribution in [-0.2, 0) is 22.7 Å². The standard InChI is InChI=1S/C53H54N4O9/c1-2-28-64-53-49(56(52(61)38-20-16-35(32-54)17-21-38)33-40-13-9-12-37-10-3-4-14-43(37)40)31-47(55-65-34-36-18-22-41(23-19-36)57(62)63)45-29-39(11-5-7-26-58)44(15-6-8-27-59)50(51(45)53)46-30-42(60)24-25-48(46)66-53/h2-4,9-10,12-14,16-25,29-30,39,44,49-51,58-60H,1,5-8,11,15,26-28,31,33-34H2/t39-,44+,49-,50+,51+,53+/m0/s1. The van der Waals surface area contributed by atoms with Gasteiger partial charge >= 0.3 is 0 Å². The summed E-state index contributed by atoms with van der Waals surface area (Å²) in [6, 6.07) is 33.0. The van der Waals surface area contributed by atoms with Gasteiger partial charge in [-0.05, 0) is 120 Å². The number of hydrogen-bond donors (Lipinski definition) is 3. The van der Waals surface area contributed by atoms with Crippen LogP contribution in [0.4, 0.5) is 5.69 Å². The number of aromatic hydroxyl groups is 1. The van der Waals surface area contributed by atoms with Crippen molar-refractivity contribution in [2.75, 3.05) is 19.8 Å². The third-order valence-electron chi connectivity index (χ3n) is 13.3. The van der Waals surface area contributed by atoms with Crippen LogP contribution in [-0.4, -0.2) is 68.4 Å². The van der Waals surface area contributed by atoms with Crippen molar-refractivity contribution in [3.8, 4) is 17.6 Å². The maximum absolute atomic E-state index is 15.5. The van der Waals surface area contributed by atoms with E-state index in [0.29, 0.717) is 41.0 Å². The lowest BCUT2D eigenvalue weighted by atomic mass is 9.55. The molecule has 6 atom stereocenters. The number of aliphatic hydroxyl groups is 2. The minimum Gasteiger partial charge on any atom is -0.508 e. The first-order chi connectivity index (χ1) is 32.2. The number of carbonyl (C=O) groups is 1. The van der Waals surface area contributed by atoms with Gasteiger partial charge in [0, 0.05) is 55.4 Å². The summed E-state index contributed by atoms with van der Waals surface area (Å²) in [4.78, 5) is 34.5. The van der Waals surface area contributed by atoms with Crippen LogP contribution in [0.15, 0.2) is 139 Å². The van der Waals surface area contributed by atoms with Crippen molar-refractivity contribution in [3.63, 3.8) is 0 Å². The van der Waals surface area contributed by atoms with Crippen molar-refractivity contribution in [1.82, 2.24) is 4.90 Å². The predicted octanol–water partition coefficient (Wildman–Crippen LogP) is 9.50. The zero-order chi connectivity index (χ0) is 46.2. The molecular weight excluding hydrogens is 837 g/mol. The van der Waals surface area contributed by atoms with Crippen molar-refractivity contribution in [3.05, 3.63) is 171 Å². The van der Waals surface area contributed by atoms with Gasteiger partial charge in [-0.3, -0.25) is 14.9 Å². The molecule has 8 rings (SSSR count). The summed E-state index contributed by atoms with van der Waals surface area (Å²) in [5, 5.41) is 59.0. The average Bonchev–Trinajstić information content (AvgIpc) is 3.34. The molecule has 340 valence electrons. The molecule has 3 aliphatic rings. The monoisotopic (exact) mass is 890 g/mol. The van der Waals surface area contributed by atoms with Gasteiger partial charge in [0.05, 0.1) is 34.8 Å². The van der Waals surface area contributed by atoms with Crippen LogP contribution in [0.5, 0.6) is 11.5 Å². The van der Waals surface area contributed by atoms with Crippen LogP contribution in [0.1, 0.15) is 83.5 Å². The highest BCUT2D eigenvalue weighted by atomic mass is 16.7. The summed E-state index contributed by atoms with van der Waals surface area (Å²) in [5.41, 5.74) is 4.45. The Hall–Kier alpha value is -6.85. The first-order valence-electron chi connectivity index (χ1n) is 22.6. The fraction of sp³-hybridized carbons (Fsp3) is 0.340. The summed E-state index contributed by atoms with van der Waals surface area (Å²) in [7, 11) is 0. The van der Waals surface area contributed by atoms with Gasteiger partial charge in [-0.15, -0.1) is 6.58 Å². The molecule has 0 radical (unpaired) electrons. The number of amides is 1. The molecule has 1 aliphatic heterocycles. The normalized spacial score (nSPS) is 22.3. The molecule has 2 aliphatic carbocycles. The van der Waals surface area contributed by atoms with E-state index in [2.05, 4.69) is 18.7 Å². The van der Waals surface area contributed by atoms with Crippen LogP contribution in [0.3, 0.4) is 0 Å². The van der Waals surface area contributed by atoms with Crippen LogP contribution in [0, 0.1) is 39.2 Å². The highest BCUT2D eigenvalue weighted by Crippen LogP contribution is 2.62. The van der Waals surface area contributed by atoms with E-state index in [4.69, 9.17) is 19.5 Å². The molecule has 0 spiro atoms. The molecule has 13 heteroatoms. The fourth-order valence-corrected chi connectivity index (χ4v) is 10.3. The number of rotatable bonds is 19. The number of non-ortho nitro benzene ring substituents is 1. The van der Waals surface area contributed by atoms with E-state index in [0.717, 1.165) is 53.2 Å². The maximum Gasteiger partial charge on any atom is 0.269 e. The first kappa shape index (κ1) is 45.7. The quantitative estimate of drug-likeness (QED) is 0.0312. The average molecular weight is 891 g/mol. The SMILES string of the molecule is C=CCO[C@@]12Oc3ccc(O)cc3[C@H]3[C@H](CCCCO)[C@@H](CCCCO)C=C(C(=NOCc4ccc([N+](=O)[O-])cc4)C[C@@H]1N(Cc1cccc4ccccc14)C(=O)c1ccc(C#N)cc1)[C@H]32. The molecule has 0 bridgehead atoms. The lowest BCUT2D eigenvalue weighted by Gasteiger charge is -2.60. The number of nitro groups is 1. The highest BCUT2D eigenvalue weighted by molar-refractivity contribution is 6.03. The number of fused-ring (bicyclic) bond motifs is 3. The second-order valence-corrected chi connectivity index (χ2v) is 17.3. The number of benzene rings is 5. The van der Waals surface area contributed by atoms with Gasteiger partial charge in [0.25, 0.3) is 11.6 Å². The van der Waals surface area contributed by atoms with Crippen LogP contribution < -0.4 is 4.74 Å². The Balaban J connectivity index is 1.36. The Morgan fingerprint density at radius 1 is 0.970 bits per heavy atom. The van der Waals surface area contributed by atoms with Gasteiger partial charge in [0.2, 0.25) is 5.79 Å². The molecule has 1 fully saturated rings. The van der Waals surface area contributed by atoms with Gasteiger partial charge in [0.15, 0.2) is 0 Å². The zero-order valence-electron chi connectivity index (χ0n) is 36.7. The zero-order valence-corrected chi connectivity index (χ0v) is 36.7. The van der Waals surface area contributed by atoms with Crippen molar-refractivity contribution < 1.29 is 39.3 Å². The largest absolute Gasteiger partial charge is 0.508 e. The smallest absolute Gasteiger partial charge is 0.269 e. The second-order valence-electron chi connectivity index (χ2n) is 17.3. The number of oxime groups is 1. The van der Waals surface area contributed by atoms with Gasteiger partial charge in [0.1, 0.15) is 24.1 Å². The number of nitriles is 1. The highest BCUT2D eigenvalue weighted by Gasteiger charge is 2.65. The van der Waals surface area contributed by atoms with E-state index in [1.54, 1.807) is 65.6 Å². The van der Waals surface area contributed by atoms with Gasteiger partial charge < -0.3 is 34.5 Å². The number of phenols is 1. The van der Waals surface area contributed by atoms with Gasteiger partial charge in [-0.2, -0.15) is 5.26 Å². The summed E-state index contributed by atoms with van der Waals surface area (Å²) < 4.78 is 14.5. The van der Waals surface area contributed by atoms with E-state index < -0.39 is 22.7 Å². The number of allylic oxidation sites excluding steroid dienone is 1. The number of unbranched alkanes of at least 4 members (excludes halogenated alkanes) is 2. The molecule has 1 saturated carbocycles. The van der Waals surface area contributed by atoms with E-state index in [9.17, 15) is 30.7 Å². The van der Waals surface area contributed by atoms with Crippen LogP contribution in [0.2, 0.25) is 0 Å². The second kappa shape index (κ2) is 20.5. The molecule has 66 heavy (non-hydrogen) atoms. The number of carbonyl (C=O) groups excluding carboxylic acids is 1. The van der Waals surface area contributed by atoms with E-state index in [1.165, 1.54) is 12.1 Å². The Kier molecular flexibility index (Phi) is 14.2. The molecular formula is C53H54N4O9. The van der Waals surface area contributed by atoms with E-state index in [-0.39, 0.29) is 74.5 Å². The molecule has 13 nitrogen and oxygen atoms in total. The van der Waals surface area contributed by atoms with Crippen molar-refractivity contribution in [2.45, 2.75) is 75.8 Å². The molecule has 0 saturated heterocycles. The van der Waals surface area contributed by atoms with Gasteiger partial charge in [-0.25, -0.2) is 0 Å². The lowest BCUT2D eigenvalue weighted by Crippen LogP contribution is -2.70. The van der Waals surface area contributed by atoms with Crippen molar-refractivity contribution in [1.29, 1.82) is 5.26 Å². The molecule has 0 aromatic heterocycles.